The molecule has 0 radical (unpaired) electrons. The van der Waals surface area contributed by atoms with Crippen molar-refractivity contribution in [3.8, 4) is 0 Å². The van der Waals surface area contributed by atoms with Gasteiger partial charge in [-0.1, -0.05) is 62.2 Å². The van der Waals surface area contributed by atoms with Gasteiger partial charge in [0.2, 0.25) is 11.8 Å². The van der Waals surface area contributed by atoms with Crippen LogP contribution < -0.4 is 16.0 Å². The highest BCUT2D eigenvalue weighted by Crippen LogP contribution is 2.57. The van der Waals surface area contributed by atoms with Crippen molar-refractivity contribution in [1.82, 2.24) is 10.6 Å². The van der Waals surface area contributed by atoms with Crippen molar-refractivity contribution in [2.24, 2.45) is 5.41 Å². The van der Waals surface area contributed by atoms with Crippen LogP contribution in [0.2, 0.25) is 10.0 Å². The molecule has 3 aliphatic rings. The molecular weight excluding hydrogens is 607 g/mol. The van der Waals surface area contributed by atoms with Crippen LogP contribution in [0.4, 0.5) is 10.1 Å². The lowest BCUT2D eigenvalue weighted by Crippen LogP contribution is -2.50. The fourth-order valence-corrected chi connectivity index (χ4v) is 7.43. The summed E-state index contributed by atoms with van der Waals surface area (Å²) in [4.78, 5) is 42.2. The summed E-state index contributed by atoms with van der Waals surface area (Å²) in [5.74, 6) is -2.29. The number of carbonyl (C=O) groups excluding carboxylic acids is 2. The van der Waals surface area contributed by atoms with E-state index in [1.165, 1.54) is 6.07 Å². The third-order valence-corrected chi connectivity index (χ3v) is 9.26. The largest absolute Gasteiger partial charge is 0.352 e. The molecule has 2 aromatic rings. The number of nitrogens with one attached hydrogen (secondary N) is 3. The van der Waals surface area contributed by atoms with Gasteiger partial charge in [0, 0.05) is 28.7 Å². The van der Waals surface area contributed by atoms with Gasteiger partial charge in [0.1, 0.15) is 11.2 Å². The molecule has 4 N–H and O–H groups in total. The van der Waals surface area contributed by atoms with E-state index >= 15 is 4.39 Å². The number of halogens is 3. The van der Waals surface area contributed by atoms with Crippen LogP contribution in [0.1, 0.15) is 69.9 Å². The monoisotopic (exact) mass is 641 g/mol. The molecule has 0 bridgehead atoms. The van der Waals surface area contributed by atoms with Crippen LogP contribution in [0.3, 0.4) is 0 Å². The lowest BCUT2D eigenvalue weighted by atomic mass is 9.62. The van der Waals surface area contributed by atoms with Crippen molar-refractivity contribution in [2.45, 2.75) is 88.4 Å². The third kappa shape index (κ3) is 6.00. The number of anilines is 1. The SMILES string of the molecule is CC(C)(C)C[C@H]1N[C@@H](C(=O)NC2CCC(OO[PH](=O)O)CC2)[C@H](c2cccc(Cl)c2F)[C@@]12C(=O)Nc1cc(Cl)ccc12. The van der Waals surface area contributed by atoms with E-state index in [1.807, 2.05) is 0 Å². The molecule has 42 heavy (non-hydrogen) atoms. The molecule has 9 nitrogen and oxygen atoms in total. The van der Waals surface area contributed by atoms with Crippen LogP contribution in [0.5, 0.6) is 0 Å². The summed E-state index contributed by atoms with van der Waals surface area (Å²) in [5, 5.41) is 9.90. The Bertz CT molecular complexity index is 1400. The second-order valence-electron chi connectivity index (χ2n) is 12.5. The minimum absolute atomic E-state index is 0.0956. The Morgan fingerprint density at radius 3 is 2.57 bits per heavy atom. The maximum Gasteiger partial charge on any atom is 0.344 e. The molecule has 5 atom stereocenters. The summed E-state index contributed by atoms with van der Waals surface area (Å²) in [7, 11) is -3.20. The second-order valence-corrected chi connectivity index (χ2v) is 14.1. The summed E-state index contributed by atoms with van der Waals surface area (Å²) in [6.45, 7) is 6.16. The predicted molar refractivity (Wildman–Crippen MR) is 158 cm³/mol. The first-order valence-electron chi connectivity index (χ1n) is 14.0. The van der Waals surface area contributed by atoms with Crippen molar-refractivity contribution >= 4 is 49.0 Å². The molecule has 0 aromatic heterocycles. The number of fused-ring (bicyclic) bond motifs is 2. The molecule has 1 spiro atoms. The highest BCUT2D eigenvalue weighted by atomic mass is 35.5. The molecule has 1 unspecified atom stereocenters. The Balaban J connectivity index is 1.54. The molecule has 1 aliphatic carbocycles. The zero-order chi connectivity index (χ0) is 30.4. The van der Waals surface area contributed by atoms with Crippen LogP contribution in [-0.4, -0.2) is 40.9 Å². The van der Waals surface area contributed by atoms with E-state index in [1.54, 1.807) is 30.3 Å². The molecule has 2 aliphatic heterocycles. The van der Waals surface area contributed by atoms with E-state index < -0.39 is 37.5 Å². The quantitative estimate of drug-likeness (QED) is 0.175. The number of benzene rings is 2. The zero-order valence-corrected chi connectivity index (χ0v) is 26.0. The Morgan fingerprint density at radius 1 is 1.19 bits per heavy atom. The lowest BCUT2D eigenvalue weighted by Gasteiger charge is -2.38. The second kappa shape index (κ2) is 12.2. The summed E-state index contributed by atoms with van der Waals surface area (Å²) in [5.41, 5.74) is -0.209. The first-order chi connectivity index (χ1) is 19.8. The minimum Gasteiger partial charge on any atom is -0.352 e. The average molecular weight is 642 g/mol. The van der Waals surface area contributed by atoms with E-state index in [4.69, 9.17) is 33.0 Å². The van der Waals surface area contributed by atoms with Crippen LogP contribution in [-0.2, 0) is 29.1 Å². The first-order valence-corrected chi connectivity index (χ1v) is 16.0. The standard InChI is InChI=1S/C29H35Cl2FN3O6P/c1-28(2,3)14-22-29(19-12-7-15(30)13-21(19)34-27(29)37)23(18-5-4-6-20(31)24(18)32)25(35-22)26(36)33-16-8-10-17(11-9-16)40-41-42(38)39/h4-7,12-13,16-17,22-23,25,35,42H,8-11,14H2,1-3H3,(H,33,36)(H,34,37)(H,38,39)/t16?,17?,22-,23+,25-,29+/m1/s1. The van der Waals surface area contributed by atoms with Crippen LogP contribution in [0.15, 0.2) is 36.4 Å². The van der Waals surface area contributed by atoms with Gasteiger partial charge in [0.05, 0.1) is 17.2 Å². The molecule has 5 rings (SSSR count). The van der Waals surface area contributed by atoms with Crippen molar-refractivity contribution < 1.29 is 33.0 Å². The van der Waals surface area contributed by atoms with Gasteiger partial charge in [-0.3, -0.25) is 14.2 Å². The van der Waals surface area contributed by atoms with Gasteiger partial charge in [-0.25, -0.2) is 9.28 Å². The zero-order valence-electron chi connectivity index (χ0n) is 23.5. The molecule has 13 heteroatoms. The third-order valence-electron chi connectivity index (χ3n) is 8.50. The van der Waals surface area contributed by atoms with E-state index in [0.717, 1.165) is 0 Å². The number of carbonyl (C=O) groups is 2. The summed E-state index contributed by atoms with van der Waals surface area (Å²) in [6, 6.07) is 8.12. The van der Waals surface area contributed by atoms with Gasteiger partial charge in [0.25, 0.3) is 0 Å². The van der Waals surface area contributed by atoms with Crippen LogP contribution in [0, 0.1) is 11.2 Å². The molecular formula is C29H35Cl2FN3O6P. The van der Waals surface area contributed by atoms with Crippen LogP contribution in [0.25, 0.3) is 0 Å². The van der Waals surface area contributed by atoms with E-state index in [2.05, 4.69) is 41.4 Å². The van der Waals surface area contributed by atoms with Gasteiger partial charge in [-0.15, -0.1) is 0 Å². The lowest BCUT2D eigenvalue weighted by molar-refractivity contribution is -0.252. The van der Waals surface area contributed by atoms with E-state index in [0.29, 0.717) is 48.4 Å². The van der Waals surface area contributed by atoms with Crippen molar-refractivity contribution in [3.63, 3.8) is 0 Å². The number of hydrogen-bond acceptors (Lipinski definition) is 6. The van der Waals surface area contributed by atoms with Gasteiger partial charge in [0.15, 0.2) is 0 Å². The average Bonchev–Trinajstić information content (AvgIpc) is 3.38. The van der Waals surface area contributed by atoms with Gasteiger partial charge >= 0.3 is 8.25 Å². The van der Waals surface area contributed by atoms with Crippen molar-refractivity contribution in [3.05, 3.63) is 63.4 Å². The number of hydrogen-bond donors (Lipinski definition) is 4. The number of rotatable bonds is 7. The fraction of sp³-hybridized carbons (Fsp3) is 0.517. The summed E-state index contributed by atoms with van der Waals surface area (Å²) >= 11 is 12.5. The Morgan fingerprint density at radius 2 is 1.90 bits per heavy atom. The molecule has 2 amide bonds. The number of amides is 2. The molecule has 1 saturated heterocycles. The smallest absolute Gasteiger partial charge is 0.344 e. The highest BCUT2D eigenvalue weighted by molar-refractivity contribution is 7.31. The topological polar surface area (TPSA) is 126 Å². The maximum atomic E-state index is 15.9. The fourth-order valence-electron chi connectivity index (χ4n) is 6.86. The van der Waals surface area contributed by atoms with Crippen LogP contribution >= 0.6 is 31.5 Å². The maximum absolute atomic E-state index is 15.9. The minimum atomic E-state index is -3.20. The molecule has 2 aromatic carbocycles. The Hall–Kier alpha value is -2.04. The van der Waals surface area contributed by atoms with E-state index in [-0.39, 0.29) is 40.0 Å². The highest BCUT2D eigenvalue weighted by Gasteiger charge is 2.66. The van der Waals surface area contributed by atoms with Crippen molar-refractivity contribution in [2.75, 3.05) is 5.32 Å². The molecule has 228 valence electrons. The normalized spacial score (nSPS) is 29.8. The van der Waals surface area contributed by atoms with Crippen molar-refractivity contribution in [1.29, 1.82) is 0 Å². The van der Waals surface area contributed by atoms with E-state index in [9.17, 15) is 14.2 Å². The Kier molecular flexibility index (Phi) is 9.08. The van der Waals surface area contributed by atoms with Gasteiger partial charge < -0.3 is 20.8 Å². The first kappa shape index (κ1) is 31.4. The summed E-state index contributed by atoms with van der Waals surface area (Å²) in [6.07, 6.45) is 2.28. The molecule has 2 fully saturated rings. The predicted octanol–water partition coefficient (Wildman–Crippen LogP) is 5.64. The Labute approximate surface area is 254 Å². The van der Waals surface area contributed by atoms with Gasteiger partial charge in [-0.05, 0) is 66.8 Å². The summed E-state index contributed by atoms with van der Waals surface area (Å²) < 4.78 is 31.1. The molecule has 1 saturated carbocycles. The molecule has 2 heterocycles. The van der Waals surface area contributed by atoms with Gasteiger partial charge in [-0.2, -0.15) is 4.67 Å².